The fraction of sp³-hybridized carbons (Fsp3) is 0.800. The molecule has 1 aromatic heterocycles. The highest BCUT2D eigenvalue weighted by Gasteiger charge is 2.38. The summed E-state index contributed by atoms with van der Waals surface area (Å²) in [7, 11) is 0. The van der Waals surface area contributed by atoms with E-state index in [0.717, 1.165) is 49.7 Å². The molecule has 6 nitrogen and oxygen atoms in total. The van der Waals surface area contributed by atoms with Crippen LogP contribution < -0.4 is 15.1 Å². The van der Waals surface area contributed by atoms with Crippen molar-refractivity contribution in [2.45, 2.75) is 109 Å². The largest absolute Gasteiger partial charge is 0.356 e. The summed E-state index contributed by atoms with van der Waals surface area (Å²) in [5.74, 6) is 2.64. The lowest BCUT2D eigenvalue weighted by Crippen LogP contribution is -2.50. The summed E-state index contributed by atoms with van der Waals surface area (Å²) in [6, 6.07) is 0.353. The van der Waals surface area contributed by atoms with E-state index in [9.17, 15) is 4.79 Å². The number of hydrogen-bond donors (Lipinski definition) is 1. The Morgan fingerprint density at radius 2 is 1.74 bits per heavy atom. The van der Waals surface area contributed by atoms with Crippen molar-refractivity contribution in [2.75, 3.05) is 28.2 Å². The van der Waals surface area contributed by atoms with Gasteiger partial charge in [0.25, 0.3) is 0 Å². The molecular formula is C25H41N5O. The van der Waals surface area contributed by atoms with Crippen LogP contribution in [0, 0.1) is 5.92 Å². The van der Waals surface area contributed by atoms with Crippen molar-refractivity contribution in [3.05, 3.63) is 6.33 Å². The van der Waals surface area contributed by atoms with Crippen molar-refractivity contribution >= 4 is 23.2 Å². The average Bonchev–Trinajstić information content (AvgIpc) is 2.82. The van der Waals surface area contributed by atoms with E-state index < -0.39 is 0 Å². The first-order valence-corrected chi connectivity index (χ1v) is 12.9. The average molecular weight is 428 g/mol. The van der Waals surface area contributed by atoms with E-state index in [2.05, 4.69) is 33.9 Å². The molecule has 1 aliphatic heterocycles. The number of fused-ring (bicyclic) bond motifs is 1. The molecule has 0 spiro atoms. The molecule has 2 fully saturated rings. The number of nitrogens with zero attached hydrogens (tertiary/aromatic N) is 4. The van der Waals surface area contributed by atoms with Gasteiger partial charge in [-0.2, -0.15) is 0 Å². The third kappa shape index (κ3) is 4.98. The normalized spacial score (nSPS) is 22.8. The van der Waals surface area contributed by atoms with Crippen LogP contribution in [0.25, 0.3) is 0 Å². The maximum absolute atomic E-state index is 13.7. The van der Waals surface area contributed by atoms with Gasteiger partial charge in [0.2, 0.25) is 5.91 Å². The SMILES string of the molecule is CCCC[C@@H]1Nc2ncnc(N(CC)C3CCCCC3)c2N(CC2CCCCC2)C1=O. The molecule has 2 saturated carbocycles. The monoisotopic (exact) mass is 427 g/mol. The van der Waals surface area contributed by atoms with Gasteiger partial charge in [-0.15, -0.1) is 0 Å². The number of amides is 1. The van der Waals surface area contributed by atoms with Gasteiger partial charge in [0.05, 0.1) is 0 Å². The first-order chi connectivity index (χ1) is 15.2. The maximum Gasteiger partial charge on any atom is 0.249 e. The van der Waals surface area contributed by atoms with Crippen LogP contribution >= 0.6 is 0 Å². The summed E-state index contributed by atoms with van der Waals surface area (Å²) < 4.78 is 0. The number of rotatable bonds is 8. The van der Waals surface area contributed by atoms with Crippen molar-refractivity contribution in [2.24, 2.45) is 5.92 Å². The molecule has 4 rings (SSSR count). The van der Waals surface area contributed by atoms with Crippen molar-refractivity contribution in [3.63, 3.8) is 0 Å². The number of carbonyl (C=O) groups excluding carboxylic acids is 1. The van der Waals surface area contributed by atoms with Gasteiger partial charge in [0, 0.05) is 19.1 Å². The minimum absolute atomic E-state index is 0.163. The molecule has 1 atom stereocenters. The zero-order valence-corrected chi connectivity index (χ0v) is 19.6. The van der Waals surface area contributed by atoms with Crippen LogP contribution in [0.4, 0.5) is 17.3 Å². The van der Waals surface area contributed by atoms with E-state index in [-0.39, 0.29) is 11.9 Å². The van der Waals surface area contributed by atoms with Crippen LogP contribution in [-0.2, 0) is 4.79 Å². The number of carbonyl (C=O) groups is 1. The summed E-state index contributed by atoms with van der Waals surface area (Å²) in [5, 5.41) is 3.50. The first-order valence-electron chi connectivity index (χ1n) is 12.9. The highest BCUT2D eigenvalue weighted by atomic mass is 16.2. The topological polar surface area (TPSA) is 61.4 Å². The molecule has 0 aromatic carbocycles. The lowest BCUT2D eigenvalue weighted by molar-refractivity contribution is -0.119. The summed E-state index contributed by atoms with van der Waals surface area (Å²) >= 11 is 0. The molecule has 3 aliphatic rings. The van der Waals surface area contributed by atoms with E-state index in [0.29, 0.717) is 12.0 Å². The standard InChI is InChI=1S/C25H41N5O/c1-3-5-16-21-25(31)30(17-19-12-8-6-9-13-19)22-23(28-21)26-18-27-24(22)29(4-2)20-14-10-7-11-15-20/h18-21H,3-17H2,1-2H3,(H,26,27,28)/t21-/m0/s1. The molecule has 6 heteroatoms. The number of hydrogen-bond acceptors (Lipinski definition) is 5. The van der Waals surface area contributed by atoms with Crippen LogP contribution in [0.2, 0.25) is 0 Å². The molecule has 2 aliphatic carbocycles. The predicted molar refractivity (Wildman–Crippen MR) is 128 cm³/mol. The Morgan fingerprint density at radius 3 is 2.42 bits per heavy atom. The molecule has 1 amide bonds. The second-order valence-corrected chi connectivity index (χ2v) is 9.76. The van der Waals surface area contributed by atoms with Crippen molar-refractivity contribution < 1.29 is 4.79 Å². The van der Waals surface area contributed by atoms with Gasteiger partial charge in [-0.25, -0.2) is 9.97 Å². The Balaban J connectivity index is 1.68. The van der Waals surface area contributed by atoms with Crippen LogP contribution in [0.1, 0.15) is 97.3 Å². The Kier molecular flexibility index (Phi) is 7.67. The lowest BCUT2D eigenvalue weighted by Gasteiger charge is -2.41. The number of anilines is 3. The number of aromatic nitrogens is 2. The second-order valence-electron chi connectivity index (χ2n) is 9.76. The van der Waals surface area contributed by atoms with Crippen LogP contribution in [-0.4, -0.2) is 41.0 Å². The zero-order valence-electron chi connectivity index (χ0n) is 19.6. The number of unbranched alkanes of at least 4 members (excludes halogenated alkanes) is 1. The summed E-state index contributed by atoms with van der Waals surface area (Å²) in [5.41, 5.74) is 0.943. The predicted octanol–water partition coefficient (Wildman–Crippen LogP) is 5.53. The fourth-order valence-electron chi connectivity index (χ4n) is 5.85. The third-order valence-corrected chi connectivity index (χ3v) is 7.59. The molecule has 1 N–H and O–H groups in total. The zero-order chi connectivity index (χ0) is 21.6. The lowest BCUT2D eigenvalue weighted by atomic mass is 9.88. The molecular weight excluding hydrogens is 386 g/mol. The van der Waals surface area contributed by atoms with Gasteiger partial charge in [-0.1, -0.05) is 58.3 Å². The van der Waals surface area contributed by atoms with E-state index in [1.807, 2.05) is 0 Å². The Morgan fingerprint density at radius 1 is 1.03 bits per heavy atom. The van der Waals surface area contributed by atoms with Crippen molar-refractivity contribution in [3.8, 4) is 0 Å². The van der Waals surface area contributed by atoms with Crippen molar-refractivity contribution in [1.82, 2.24) is 9.97 Å². The van der Waals surface area contributed by atoms with Gasteiger partial charge in [0.1, 0.15) is 18.1 Å². The smallest absolute Gasteiger partial charge is 0.249 e. The van der Waals surface area contributed by atoms with Gasteiger partial charge < -0.3 is 15.1 Å². The van der Waals surface area contributed by atoms with E-state index in [4.69, 9.17) is 4.98 Å². The highest BCUT2D eigenvalue weighted by molar-refractivity contribution is 6.07. The first kappa shape index (κ1) is 22.3. The molecule has 2 heterocycles. The third-order valence-electron chi connectivity index (χ3n) is 7.59. The van der Waals surface area contributed by atoms with Gasteiger partial charge in [-0.3, -0.25) is 4.79 Å². The minimum atomic E-state index is -0.163. The van der Waals surface area contributed by atoms with Crippen LogP contribution in [0.15, 0.2) is 6.33 Å². The molecule has 0 bridgehead atoms. The van der Waals surface area contributed by atoms with E-state index >= 15 is 0 Å². The number of nitrogens with one attached hydrogen (secondary N) is 1. The molecule has 0 saturated heterocycles. The maximum atomic E-state index is 13.7. The second kappa shape index (κ2) is 10.6. The van der Waals surface area contributed by atoms with Crippen LogP contribution in [0.3, 0.4) is 0 Å². The Labute approximate surface area is 188 Å². The Hall–Kier alpha value is -1.85. The molecule has 0 radical (unpaired) electrons. The Bertz CT molecular complexity index is 727. The fourth-order valence-corrected chi connectivity index (χ4v) is 5.85. The van der Waals surface area contributed by atoms with E-state index in [1.54, 1.807) is 6.33 Å². The van der Waals surface area contributed by atoms with Crippen LogP contribution in [0.5, 0.6) is 0 Å². The molecule has 1 aromatic rings. The summed E-state index contributed by atoms with van der Waals surface area (Å²) in [6.45, 7) is 6.14. The summed E-state index contributed by atoms with van der Waals surface area (Å²) in [6.07, 6.45) is 17.4. The van der Waals surface area contributed by atoms with Gasteiger partial charge >= 0.3 is 0 Å². The molecule has 172 valence electrons. The minimum Gasteiger partial charge on any atom is -0.356 e. The molecule has 0 unspecified atom stereocenters. The highest BCUT2D eigenvalue weighted by Crippen LogP contribution is 2.41. The van der Waals surface area contributed by atoms with E-state index in [1.165, 1.54) is 64.2 Å². The quantitative estimate of drug-likeness (QED) is 0.591. The van der Waals surface area contributed by atoms with Crippen molar-refractivity contribution in [1.29, 1.82) is 0 Å². The van der Waals surface area contributed by atoms with Gasteiger partial charge in [0.15, 0.2) is 11.6 Å². The summed E-state index contributed by atoms with van der Waals surface area (Å²) in [4.78, 5) is 27.7. The van der Waals surface area contributed by atoms with Gasteiger partial charge in [-0.05, 0) is 44.9 Å². The molecule has 31 heavy (non-hydrogen) atoms.